The number of imidazole rings is 1. The van der Waals surface area contributed by atoms with E-state index >= 15 is 0 Å². The smallest absolute Gasteiger partial charge is 0.124 e. The Bertz CT molecular complexity index is 578. The zero-order valence-electron chi connectivity index (χ0n) is 12.1. The zero-order chi connectivity index (χ0) is 13.9. The van der Waals surface area contributed by atoms with E-state index in [2.05, 4.69) is 22.5 Å². The molecule has 4 nitrogen and oxygen atoms in total. The first-order valence-corrected chi connectivity index (χ1v) is 7.58. The van der Waals surface area contributed by atoms with Crippen LogP contribution < -0.4 is 0 Å². The van der Waals surface area contributed by atoms with Gasteiger partial charge in [-0.05, 0) is 38.4 Å². The fourth-order valence-corrected chi connectivity index (χ4v) is 3.17. The first kappa shape index (κ1) is 13.6. The second-order valence-electron chi connectivity index (χ2n) is 5.71. The summed E-state index contributed by atoms with van der Waals surface area (Å²) in [7, 11) is 0. The maximum Gasteiger partial charge on any atom is 0.124 e. The first-order chi connectivity index (χ1) is 9.79. The third kappa shape index (κ3) is 2.58. The molecular weight excluding hydrogens is 250 g/mol. The minimum absolute atomic E-state index is 0.156. The van der Waals surface area contributed by atoms with Gasteiger partial charge < -0.3 is 9.67 Å². The van der Waals surface area contributed by atoms with Crippen LogP contribution >= 0.6 is 0 Å². The molecule has 1 saturated heterocycles. The predicted octanol–water partition coefficient (Wildman–Crippen LogP) is 2.40. The summed E-state index contributed by atoms with van der Waals surface area (Å²) < 4.78 is 2.16. The van der Waals surface area contributed by atoms with Gasteiger partial charge in [0.2, 0.25) is 0 Å². The van der Waals surface area contributed by atoms with Gasteiger partial charge in [0.15, 0.2) is 0 Å². The maximum absolute atomic E-state index is 9.32. The number of benzene rings is 1. The number of likely N-dealkylation sites (tertiary alicyclic amines) is 1. The molecule has 1 aliphatic heterocycles. The molecule has 0 spiro atoms. The van der Waals surface area contributed by atoms with Crippen molar-refractivity contribution in [3.63, 3.8) is 0 Å². The Balaban J connectivity index is 1.91. The van der Waals surface area contributed by atoms with Crippen LogP contribution in [0.4, 0.5) is 0 Å². The fraction of sp³-hybridized carbons (Fsp3) is 0.562. The molecule has 2 aromatic rings. The lowest BCUT2D eigenvalue weighted by Gasteiger charge is -2.33. The average molecular weight is 273 g/mol. The molecule has 1 aromatic heterocycles. The molecule has 3 rings (SSSR count). The summed E-state index contributed by atoms with van der Waals surface area (Å²) in [6.45, 7) is 5.12. The summed E-state index contributed by atoms with van der Waals surface area (Å²) in [4.78, 5) is 7.28. The lowest BCUT2D eigenvalue weighted by molar-refractivity contribution is 0.146. The summed E-state index contributed by atoms with van der Waals surface area (Å²) >= 11 is 0. The minimum atomic E-state index is 0.156. The van der Waals surface area contributed by atoms with Crippen LogP contribution in [0.5, 0.6) is 0 Å². The van der Waals surface area contributed by atoms with Gasteiger partial charge >= 0.3 is 0 Å². The second kappa shape index (κ2) is 5.94. The van der Waals surface area contributed by atoms with Crippen molar-refractivity contribution in [3.05, 3.63) is 30.1 Å². The highest BCUT2D eigenvalue weighted by molar-refractivity contribution is 5.75. The van der Waals surface area contributed by atoms with Crippen molar-refractivity contribution in [2.45, 2.75) is 45.3 Å². The molecule has 1 aliphatic rings. The van der Waals surface area contributed by atoms with Crippen LogP contribution in [-0.2, 0) is 13.1 Å². The summed E-state index contributed by atoms with van der Waals surface area (Å²) in [5, 5.41) is 9.32. The van der Waals surface area contributed by atoms with E-state index in [0.717, 1.165) is 29.9 Å². The summed E-state index contributed by atoms with van der Waals surface area (Å²) in [5.74, 6) is 1.08. The third-order valence-corrected chi connectivity index (χ3v) is 4.34. The maximum atomic E-state index is 9.32. The summed E-state index contributed by atoms with van der Waals surface area (Å²) in [6.07, 6.45) is 3.90. The van der Waals surface area contributed by atoms with Crippen LogP contribution in [0.25, 0.3) is 11.0 Å². The van der Waals surface area contributed by atoms with Crippen molar-refractivity contribution in [2.24, 2.45) is 0 Å². The van der Waals surface area contributed by atoms with Gasteiger partial charge in [0.05, 0.1) is 24.2 Å². The van der Waals surface area contributed by atoms with E-state index in [1.165, 1.54) is 19.3 Å². The number of para-hydroxylation sites is 2. The molecule has 2 heterocycles. The van der Waals surface area contributed by atoms with E-state index in [0.29, 0.717) is 12.6 Å². The minimum Gasteiger partial charge on any atom is -0.395 e. The Morgan fingerprint density at radius 2 is 2.15 bits per heavy atom. The van der Waals surface area contributed by atoms with Gasteiger partial charge in [0, 0.05) is 12.6 Å². The number of hydrogen-bond acceptors (Lipinski definition) is 3. The Hall–Kier alpha value is -1.39. The van der Waals surface area contributed by atoms with E-state index in [9.17, 15) is 5.11 Å². The number of piperidine rings is 1. The lowest BCUT2D eigenvalue weighted by Crippen LogP contribution is -2.37. The highest BCUT2D eigenvalue weighted by Crippen LogP contribution is 2.21. The van der Waals surface area contributed by atoms with Crippen LogP contribution in [0.3, 0.4) is 0 Å². The van der Waals surface area contributed by atoms with E-state index in [1.54, 1.807) is 0 Å². The van der Waals surface area contributed by atoms with Gasteiger partial charge in [-0.15, -0.1) is 0 Å². The third-order valence-electron chi connectivity index (χ3n) is 4.34. The van der Waals surface area contributed by atoms with Crippen molar-refractivity contribution in [2.75, 3.05) is 13.2 Å². The molecule has 0 aliphatic carbocycles. The number of hydrogen-bond donors (Lipinski definition) is 1. The molecule has 1 unspecified atom stereocenters. The van der Waals surface area contributed by atoms with Crippen LogP contribution in [0.15, 0.2) is 24.3 Å². The van der Waals surface area contributed by atoms with E-state index in [4.69, 9.17) is 4.98 Å². The summed E-state index contributed by atoms with van der Waals surface area (Å²) in [6, 6.07) is 8.82. The van der Waals surface area contributed by atoms with Gasteiger partial charge in [-0.2, -0.15) is 0 Å². The van der Waals surface area contributed by atoms with Gasteiger partial charge in [0.25, 0.3) is 0 Å². The number of fused-ring (bicyclic) bond motifs is 1. The average Bonchev–Trinajstić information content (AvgIpc) is 2.80. The quantitative estimate of drug-likeness (QED) is 0.930. The molecule has 1 atom stereocenters. The number of rotatable bonds is 4. The fourth-order valence-electron chi connectivity index (χ4n) is 3.17. The number of nitrogens with zero attached hydrogens (tertiary/aromatic N) is 3. The monoisotopic (exact) mass is 273 g/mol. The summed E-state index contributed by atoms with van der Waals surface area (Å²) in [5.41, 5.74) is 2.15. The van der Waals surface area contributed by atoms with Gasteiger partial charge in [-0.25, -0.2) is 4.98 Å². The number of aromatic nitrogens is 2. The van der Waals surface area contributed by atoms with Crippen LogP contribution in [0, 0.1) is 0 Å². The van der Waals surface area contributed by atoms with Crippen LogP contribution in [0.2, 0.25) is 0 Å². The number of aliphatic hydroxyl groups excluding tert-OH is 1. The van der Waals surface area contributed by atoms with Crippen molar-refractivity contribution in [1.82, 2.24) is 14.5 Å². The Morgan fingerprint density at radius 3 is 2.95 bits per heavy atom. The van der Waals surface area contributed by atoms with Gasteiger partial charge in [0.1, 0.15) is 5.82 Å². The Kier molecular flexibility index (Phi) is 4.03. The second-order valence-corrected chi connectivity index (χ2v) is 5.71. The van der Waals surface area contributed by atoms with Crippen molar-refractivity contribution in [1.29, 1.82) is 0 Å². The van der Waals surface area contributed by atoms with E-state index in [-0.39, 0.29) is 6.61 Å². The topological polar surface area (TPSA) is 41.3 Å². The standard InChI is InChI=1S/C16H23N3O/c1-13-6-4-5-9-18(13)12-16-17-14-7-2-3-8-15(14)19(16)10-11-20/h2-3,7-8,13,20H,4-6,9-12H2,1H3. The molecule has 20 heavy (non-hydrogen) atoms. The van der Waals surface area contributed by atoms with Crippen LogP contribution in [-0.4, -0.2) is 38.8 Å². The molecule has 1 fully saturated rings. The van der Waals surface area contributed by atoms with Crippen molar-refractivity contribution < 1.29 is 5.11 Å². The molecule has 0 saturated carbocycles. The highest BCUT2D eigenvalue weighted by Gasteiger charge is 2.21. The Morgan fingerprint density at radius 1 is 1.30 bits per heavy atom. The normalized spacial score (nSPS) is 20.6. The molecular formula is C16H23N3O. The van der Waals surface area contributed by atoms with E-state index < -0.39 is 0 Å². The lowest BCUT2D eigenvalue weighted by atomic mass is 10.0. The molecule has 4 heteroatoms. The molecule has 108 valence electrons. The van der Waals surface area contributed by atoms with Gasteiger partial charge in [-0.3, -0.25) is 4.90 Å². The van der Waals surface area contributed by atoms with Crippen LogP contribution in [0.1, 0.15) is 32.0 Å². The molecule has 0 bridgehead atoms. The van der Waals surface area contributed by atoms with Gasteiger partial charge in [-0.1, -0.05) is 18.6 Å². The predicted molar refractivity (Wildman–Crippen MR) is 80.5 cm³/mol. The SMILES string of the molecule is CC1CCCCN1Cc1nc2ccccc2n1CCO. The molecule has 0 radical (unpaired) electrons. The first-order valence-electron chi connectivity index (χ1n) is 7.58. The van der Waals surface area contributed by atoms with Crippen molar-refractivity contribution in [3.8, 4) is 0 Å². The van der Waals surface area contributed by atoms with Crippen molar-refractivity contribution >= 4 is 11.0 Å². The molecule has 0 amide bonds. The Labute approximate surface area is 120 Å². The zero-order valence-corrected chi connectivity index (χ0v) is 12.1. The largest absolute Gasteiger partial charge is 0.395 e. The number of aliphatic hydroxyl groups is 1. The van der Waals surface area contributed by atoms with E-state index in [1.807, 2.05) is 18.2 Å². The highest BCUT2D eigenvalue weighted by atomic mass is 16.3. The molecule has 1 N–H and O–H groups in total. The molecule has 1 aromatic carbocycles.